The van der Waals surface area contributed by atoms with Crippen molar-refractivity contribution in [2.75, 3.05) is 20.1 Å². The van der Waals surface area contributed by atoms with Crippen LogP contribution in [0.1, 0.15) is 110 Å². The van der Waals surface area contributed by atoms with E-state index < -0.39 is 23.6 Å². The average molecular weight is 740 g/mol. The summed E-state index contributed by atoms with van der Waals surface area (Å²) in [5.74, 6) is -0.255. The number of halogens is 1. The van der Waals surface area contributed by atoms with Gasteiger partial charge >= 0.3 is 6.09 Å². The molecule has 2 aliphatic rings. The van der Waals surface area contributed by atoms with Crippen LogP contribution in [-0.2, 0) is 30.5 Å². The fourth-order valence-corrected chi connectivity index (χ4v) is 5.41. The lowest BCUT2D eigenvalue weighted by atomic mass is 10.0. The Morgan fingerprint density at radius 1 is 1.18 bits per heavy atom. The van der Waals surface area contributed by atoms with Crippen molar-refractivity contribution in [2.45, 2.75) is 129 Å². The number of likely N-dealkylation sites (tertiary alicyclic amines) is 1. The number of nitrogens with one attached hydrogen (secondary N) is 3. The Bertz CT molecular complexity index is 1220. The van der Waals surface area contributed by atoms with Gasteiger partial charge in [-0.3, -0.25) is 23.9 Å². The van der Waals surface area contributed by atoms with Crippen LogP contribution in [-0.4, -0.2) is 77.3 Å². The molecule has 1 aromatic rings. The van der Waals surface area contributed by atoms with Crippen LogP contribution < -0.4 is 21.1 Å². The molecule has 51 heavy (non-hydrogen) atoms. The van der Waals surface area contributed by atoms with Crippen LogP contribution in [0.15, 0.2) is 30.4 Å². The first-order valence-corrected chi connectivity index (χ1v) is 18.6. The number of nitrogens with two attached hydrogens (primary N) is 1. The van der Waals surface area contributed by atoms with Crippen LogP contribution in [0.25, 0.3) is 0 Å². The van der Waals surface area contributed by atoms with Crippen molar-refractivity contribution in [2.24, 2.45) is 11.7 Å². The molecule has 14 heteroatoms. The molecule has 1 aliphatic carbocycles. The Balaban J connectivity index is 0.000000728. The maximum absolute atomic E-state index is 12.9. The van der Waals surface area contributed by atoms with Gasteiger partial charge in [-0.1, -0.05) is 51.0 Å². The zero-order valence-corrected chi connectivity index (χ0v) is 32.4. The van der Waals surface area contributed by atoms with E-state index in [0.717, 1.165) is 30.5 Å². The van der Waals surface area contributed by atoms with E-state index in [1.807, 2.05) is 13.1 Å². The van der Waals surface area contributed by atoms with Crippen molar-refractivity contribution in [1.82, 2.24) is 20.3 Å². The summed E-state index contributed by atoms with van der Waals surface area (Å²) in [6, 6.07) is 4.58. The molecule has 4 amide bonds. The van der Waals surface area contributed by atoms with Crippen molar-refractivity contribution in [3.8, 4) is 0 Å². The predicted octanol–water partition coefficient (Wildman–Crippen LogP) is 6.01. The lowest BCUT2D eigenvalue weighted by Crippen LogP contribution is -2.48. The van der Waals surface area contributed by atoms with Crippen LogP contribution in [0.5, 0.6) is 0 Å². The van der Waals surface area contributed by atoms with E-state index in [4.69, 9.17) is 20.4 Å². The van der Waals surface area contributed by atoms with Crippen molar-refractivity contribution in [3.63, 3.8) is 0 Å². The molecule has 290 valence electrons. The lowest BCUT2D eigenvalue weighted by molar-refractivity contribution is -0.136. The molecule has 0 radical (unpaired) electrons. The number of carbonyl (C=O) groups is 5. The number of unbranched alkanes of at least 4 members (excludes halogenated alkanes) is 3. The van der Waals surface area contributed by atoms with Crippen LogP contribution >= 0.6 is 11.9 Å². The second-order valence-corrected chi connectivity index (χ2v) is 14.6. The molecule has 6 N–H and O–H groups in total. The van der Waals surface area contributed by atoms with Gasteiger partial charge in [-0.25, -0.2) is 9.18 Å². The molecule has 2 unspecified atom stereocenters. The number of rotatable bonds is 15. The van der Waals surface area contributed by atoms with Crippen LogP contribution in [0.3, 0.4) is 0 Å². The number of ether oxygens (including phenoxy) is 1. The monoisotopic (exact) mass is 739 g/mol. The first kappa shape index (κ1) is 47.4. The standard InChI is InChI=1S/C15H27NOS.C12H21N3O4.C9H12FN.CH2O2/c1-3-4-5-6-7-8-13(2)9-12-15(17)16-18-14-10-11-14;1-12(2,3)19-11(18)14-7-9(16)15-6-4-5-8(15)10(13)17;1-7-8(6-11-2)4-3-5-9(7)10;2-1-3/h7-8,13-14H,3-6,9-12H2,1-2H3,(H,16,17);8H,4-7H2,1-3H3,(H2,13,17)(H,14,18);3-5,11H,6H2,1-2H3;1H,(H,2,3)/b8-7-;;;. The molecule has 1 saturated carbocycles. The number of carboxylic acid groups (broad SMARTS) is 1. The largest absolute Gasteiger partial charge is 0.483 e. The highest BCUT2D eigenvalue weighted by atomic mass is 32.2. The minimum absolute atomic E-state index is 0.127. The lowest BCUT2D eigenvalue weighted by Gasteiger charge is -2.23. The van der Waals surface area contributed by atoms with Gasteiger partial charge in [-0.05, 0) is 115 Å². The first-order valence-electron chi connectivity index (χ1n) is 17.7. The summed E-state index contributed by atoms with van der Waals surface area (Å²) in [6.07, 6.45) is 14.4. The minimum atomic E-state index is -0.657. The fourth-order valence-electron chi connectivity index (χ4n) is 4.64. The number of primary amides is 1. The Kier molecular flexibility index (Phi) is 25.1. The number of hydrogen-bond donors (Lipinski definition) is 5. The number of amides is 4. The number of hydrogen-bond acceptors (Lipinski definition) is 8. The van der Waals surface area contributed by atoms with Gasteiger partial charge in [0.2, 0.25) is 17.7 Å². The molecule has 12 nitrogen and oxygen atoms in total. The van der Waals surface area contributed by atoms with Gasteiger partial charge in [0, 0.05) is 24.8 Å². The Hall–Kier alpha value is -3.65. The van der Waals surface area contributed by atoms with Gasteiger partial charge in [0.1, 0.15) is 24.0 Å². The third-order valence-corrected chi connectivity index (χ3v) is 8.71. The number of allylic oxidation sites excluding steroid dienone is 2. The van der Waals surface area contributed by atoms with Crippen LogP contribution in [0.4, 0.5) is 9.18 Å². The molecule has 1 heterocycles. The molecule has 1 saturated heterocycles. The van der Waals surface area contributed by atoms with Gasteiger partial charge in [0.25, 0.3) is 6.47 Å². The van der Waals surface area contributed by atoms with E-state index in [0.29, 0.717) is 30.6 Å². The molecule has 2 atom stereocenters. The predicted molar refractivity (Wildman–Crippen MR) is 201 cm³/mol. The average Bonchev–Trinajstić information content (AvgIpc) is 3.76. The van der Waals surface area contributed by atoms with Crippen molar-refractivity contribution in [3.05, 3.63) is 47.3 Å². The third-order valence-electron chi connectivity index (χ3n) is 7.56. The normalized spacial score (nSPS) is 15.5. The van der Waals surface area contributed by atoms with Gasteiger partial charge in [-0.2, -0.15) is 0 Å². The second-order valence-electron chi connectivity index (χ2n) is 13.4. The van der Waals surface area contributed by atoms with E-state index in [9.17, 15) is 23.6 Å². The third kappa shape index (κ3) is 24.2. The molecule has 0 bridgehead atoms. The van der Waals surface area contributed by atoms with E-state index in [1.165, 1.54) is 49.5 Å². The summed E-state index contributed by atoms with van der Waals surface area (Å²) in [5, 5.41) is 12.9. The number of alkyl carbamates (subject to hydrolysis) is 1. The zero-order valence-electron chi connectivity index (χ0n) is 31.6. The molecule has 1 aromatic carbocycles. The smallest absolute Gasteiger partial charge is 0.408 e. The summed E-state index contributed by atoms with van der Waals surface area (Å²) in [5.41, 5.74) is 6.36. The van der Waals surface area contributed by atoms with Crippen molar-refractivity contribution < 1.29 is 38.2 Å². The number of benzene rings is 1. The highest BCUT2D eigenvalue weighted by molar-refractivity contribution is 7.98. The topological polar surface area (TPSA) is 180 Å². The van der Waals surface area contributed by atoms with Crippen LogP contribution in [0, 0.1) is 18.7 Å². The highest BCUT2D eigenvalue weighted by Gasteiger charge is 2.32. The summed E-state index contributed by atoms with van der Waals surface area (Å²) >= 11 is 1.61. The molecular weight excluding hydrogens is 678 g/mol. The Morgan fingerprint density at radius 2 is 1.84 bits per heavy atom. The van der Waals surface area contributed by atoms with Crippen molar-refractivity contribution in [1.29, 1.82) is 0 Å². The minimum Gasteiger partial charge on any atom is -0.483 e. The quantitative estimate of drug-likeness (QED) is 0.0624. The SMILES string of the molecule is CC(C)(C)OC(=O)NCC(=O)N1CCCC1C(N)=O.CCCCC/C=C\C(C)CCC(=O)NSC1CC1.CNCc1cccc(F)c1C.O=CO. The molecule has 0 aromatic heterocycles. The second kappa shape index (κ2) is 27.1. The summed E-state index contributed by atoms with van der Waals surface area (Å²) < 4.78 is 20.8. The van der Waals surface area contributed by atoms with E-state index >= 15 is 0 Å². The zero-order chi connectivity index (χ0) is 38.8. The molecule has 2 fully saturated rings. The Morgan fingerprint density at radius 3 is 2.41 bits per heavy atom. The molecule has 1 aliphatic heterocycles. The first-order chi connectivity index (χ1) is 24.1. The van der Waals surface area contributed by atoms with E-state index in [-0.39, 0.29) is 30.6 Å². The van der Waals surface area contributed by atoms with E-state index in [2.05, 4.69) is 41.4 Å². The summed E-state index contributed by atoms with van der Waals surface area (Å²) in [6.45, 7) is 12.2. The number of carbonyl (C=O) groups excluding carboxylic acids is 4. The molecule has 0 spiro atoms. The maximum atomic E-state index is 12.9. The highest BCUT2D eigenvalue weighted by Crippen LogP contribution is 2.31. The van der Waals surface area contributed by atoms with Gasteiger partial charge in [0.15, 0.2) is 0 Å². The number of nitrogens with zero attached hydrogens (tertiary/aromatic N) is 1. The van der Waals surface area contributed by atoms with Gasteiger partial charge in [-0.15, -0.1) is 0 Å². The van der Waals surface area contributed by atoms with Crippen molar-refractivity contribution >= 4 is 42.2 Å². The van der Waals surface area contributed by atoms with E-state index in [1.54, 1.807) is 45.7 Å². The van der Waals surface area contributed by atoms with Crippen LogP contribution in [0.2, 0.25) is 0 Å². The summed E-state index contributed by atoms with van der Waals surface area (Å²) in [4.78, 5) is 55.7. The summed E-state index contributed by atoms with van der Waals surface area (Å²) in [7, 11) is 1.85. The van der Waals surface area contributed by atoms with Gasteiger partial charge in [0.05, 0.1) is 0 Å². The Labute approximate surface area is 308 Å². The molecule has 3 rings (SSSR count). The van der Waals surface area contributed by atoms with Gasteiger partial charge < -0.3 is 31.1 Å². The maximum Gasteiger partial charge on any atom is 0.408 e. The fraction of sp³-hybridized carbons (Fsp3) is 0.649. The molecular formula is C37H62FN5O7S.